The van der Waals surface area contributed by atoms with E-state index in [9.17, 15) is 14.4 Å². The normalized spacial score (nSPS) is 21.7. The van der Waals surface area contributed by atoms with Crippen molar-refractivity contribution in [2.45, 2.75) is 40.0 Å². The molecule has 150 valence electrons. The van der Waals surface area contributed by atoms with Gasteiger partial charge in [-0.25, -0.2) is 14.4 Å². The van der Waals surface area contributed by atoms with E-state index in [4.69, 9.17) is 14.2 Å². The number of hydrogen-bond acceptors (Lipinski definition) is 6. The Balaban J connectivity index is 2.67. The van der Waals surface area contributed by atoms with E-state index >= 15 is 0 Å². The lowest BCUT2D eigenvalue weighted by Crippen LogP contribution is -2.34. The van der Waals surface area contributed by atoms with E-state index in [-0.39, 0.29) is 31.0 Å². The molecule has 0 aromatic rings. The Bertz CT molecular complexity index is 618. The molecule has 0 amide bonds. The van der Waals surface area contributed by atoms with E-state index in [1.54, 1.807) is 20.8 Å². The first-order valence-corrected chi connectivity index (χ1v) is 9.09. The van der Waals surface area contributed by atoms with Gasteiger partial charge in [-0.2, -0.15) is 0 Å². The zero-order valence-electron chi connectivity index (χ0n) is 16.5. The lowest BCUT2D eigenvalue weighted by Gasteiger charge is -2.35. The van der Waals surface area contributed by atoms with Crippen LogP contribution in [0.3, 0.4) is 0 Å². The molecule has 6 nitrogen and oxygen atoms in total. The summed E-state index contributed by atoms with van der Waals surface area (Å²) in [6.07, 6.45) is 2.33. The number of carbonyl (C=O) groups excluding carboxylic acids is 3. The van der Waals surface area contributed by atoms with Gasteiger partial charge in [0, 0.05) is 16.7 Å². The molecule has 6 heteroatoms. The number of hydrogen-bond donors (Lipinski definition) is 0. The van der Waals surface area contributed by atoms with Gasteiger partial charge >= 0.3 is 17.9 Å². The van der Waals surface area contributed by atoms with Gasteiger partial charge < -0.3 is 14.2 Å². The standard InChI is InChI=1S/C21H30O6/c1-13(2)19(22)25-10-16-7-8-17(11-26-20(23)14(3)4)18(9-16)12-27-21(24)15(5)6/h16-18H,1,3,5,7-12H2,2,4,6H3. The minimum Gasteiger partial charge on any atom is -0.462 e. The fourth-order valence-electron chi connectivity index (χ4n) is 2.93. The number of carbonyl (C=O) groups is 3. The summed E-state index contributed by atoms with van der Waals surface area (Å²) in [6, 6.07) is 0. The summed E-state index contributed by atoms with van der Waals surface area (Å²) in [5, 5.41) is 0. The fraction of sp³-hybridized carbons (Fsp3) is 0.571. The van der Waals surface area contributed by atoms with Crippen LogP contribution < -0.4 is 0 Å². The highest BCUT2D eigenvalue weighted by molar-refractivity contribution is 5.87. The van der Waals surface area contributed by atoms with E-state index in [1.165, 1.54) is 0 Å². The molecule has 0 heterocycles. The second-order valence-electron chi connectivity index (χ2n) is 7.34. The molecule has 27 heavy (non-hydrogen) atoms. The minimum absolute atomic E-state index is 0.00787. The van der Waals surface area contributed by atoms with Crippen LogP contribution in [-0.4, -0.2) is 37.7 Å². The van der Waals surface area contributed by atoms with E-state index in [0.717, 1.165) is 12.8 Å². The molecule has 0 aromatic heterocycles. The van der Waals surface area contributed by atoms with Crippen LogP contribution in [0.5, 0.6) is 0 Å². The molecule has 0 radical (unpaired) electrons. The Morgan fingerprint density at radius 1 is 0.704 bits per heavy atom. The summed E-state index contributed by atoms with van der Waals surface area (Å²) >= 11 is 0. The average molecular weight is 378 g/mol. The van der Waals surface area contributed by atoms with Gasteiger partial charge in [0.05, 0.1) is 19.8 Å². The molecule has 1 fully saturated rings. The molecule has 1 saturated carbocycles. The Labute approximate surface area is 161 Å². The first-order chi connectivity index (χ1) is 12.6. The first-order valence-electron chi connectivity index (χ1n) is 9.09. The van der Waals surface area contributed by atoms with Gasteiger partial charge in [0.1, 0.15) is 0 Å². The molecule has 0 saturated heterocycles. The second-order valence-corrected chi connectivity index (χ2v) is 7.34. The third kappa shape index (κ3) is 7.81. The average Bonchev–Trinajstić information content (AvgIpc) is 2.62. The van der Waals surface area contributed by atoms with Crippen LogP contribution in [0, 0.1) is 17.8 Å². The van der Waals surface area contributed by atoms with Crippen molar-refractivity contribution in [3.05, 3.63) is 36.5 Å². The molecule has 1 aliphatic carbocycles. The third-order valence-electron chi connectivity index (χ3n) is 4.60. The Hall–Kier alpha value is -2.37. The van der Waals surface area contributed by atoms with Crippen molar-refractivity contribution < 1.29 is 28.6 Å². The summed E-state index contributed by atoms with van der Waals surface area (Å²) in [4.78, 5) is 35.0. The molecule has 3 atom stereocenters. The maximum atomic E-state index is 11.7. The predicted molar refractivity (Wildman–Crippen MR) is 102 cm³/mol. The van der Waals surface area contributed by atoms with Crippen LogP contribution in [0.2, 0.25) is 0 Å². The topological polar surface area (TPSA) is 78.9 Å². The smallest absolute Gasteiger partial charge is 0.333 e. The molecule has 0 spiro atoms. The van der Waals surface area contributed by atoms with Gasteiger partial charge in [-0.15, -0.1) is 0 Å². The highest BCUT2D eigenvalue weighted by Gasteiger charge is 2.33. The molecule has 1 rings (SSSR count). The van der Waals surface area contributed by atoms with E-state index in [1.807, 2.05) is 0 Å². The van der Waals surface area contributed by atoms with Crippen molar-refractivity contribution in [1.82, 2.24) is 0 Å². The predicted octanol–water partition coefficient (Wildman–Crippen LogP) is 3.38. The van der Waals surface area contributed by atoms with E-state index < -0.39 is 17.9 Å². The first kappa shape index (κ1) is 22.7. The highest BCUT2D eigenvalue weighted by atomic mass is 16.5. The number of esters is 3. The summed E-state index contributed by atoms with van der Waals surface area (Å²) in [6.45, 7) is 16.3. The van der Waals surface area contributed by atoms with Crippen molar-refractivity contribution in [2.75, 3.05) is 19.8 Å². The van der Waals surface area contributed by atoms with Gasteiger partial charge in [-0.05, 0) is 57.8 Å². The molecular weight excluding hydrogens is 348 g/mol. The van der Waals surface area contributed by atoms with Crippen LogP contribution in [0.1, 0.15) is 40.0 Å². The fourth-order valence-corrected chi connectivity index (χ4v) is 2.93. The lowest BCUT2D eigenvalue weighted by molar-refractivity contribution is -0.147. The van der Waals surface area contributed by atoms with Crippen LogP contribution >= 0.6 is 0 Å². The summed E-state index contributed by atoms with van der Waals surface area (Å²) in [7, 11) is 0. The van der Waals surface area contributed by atoms with E-state index in [2.05, 4.69) is 19.7 Å². The zero-order chi connectivity index (χ0) is 20.6. The SMILES string of the molecule is C=C(C)C(=O)OCC1CCC(COC(=O)C(=C)C)C(COC(=O)C(=C)C)C1. The molecular formula is C21H30O6. The van der Waals surface area contributed by atoms with E-state index in [0.29, 0.717) is 29.7 Å². The summed E-state index contributed by atoms with van der Waals surface area (Å²) < 4.78 is 15.9. The maximum Gasteiger partial charge on any atom is 0.333 e. The quantitative estimate of drug-likeness (QED) is 0.348. The van der Waals surface area contributed by atoms with Crippen LogP contribution in [0.4, 0.5) is 0 Å². The number of ether oxygens (including phenoxy) is 3. The highest BCUT2D eigenvalue weighted by Crippen LogP contribution is 2.35. The van der Waals surface area contributed by atoms with Crippen molar-refractivity contribution in [1.29, 1.82) is 0 Å². The monoisotopic (exact) mass is 378 g/mol. The Kier molecular flexibility index (Phi) is 8.98. The lowest BCUT2D eigenvalue weighted by atomic mass is 9.75. The van der Waals surface area contributed by atoms with Crippen LogP contribution in [0.15, 0.2) is 36.5 Å². The van der Waals surface area contributed by atoms with Gasteiger partial charge in [-0.3, -0.25) is 0 Å². The van der Waals surface area contributed by atoms with Crippen molar-refractivity contribution >= 4 is 17.9 Å². The van der Waals surface area contributed by atoms with Crippen LogP contribution in [0.25, 0.3) is 0 Å². The summed E-state index contributed by atoms with van der Waals surface area (Å²) in [5.41, 5.74) is 1.05. The largest absolute Gasteiger partial charge is 0.462 e. The molecule has 1 aliphatic rings. The second kappa shape index (κ2) is 10.7. The Morgan fingerprint density at radius 3 is 1.56 bits per heavy atom. The molecule has 0 aliphatic heterocycles. The Morgan fingerprint density at radius 2 is 1.11 bits per heavy atom. The van der Waals surface area contributed by atoms with Crippen LogP contribution in [-0.2, 0) is 28.6 Å². The minimum atomic E-state index is -0.441. The molecule has 0 bridgehead atoms. The van der Waals surface area contributed by atoms with Crippen molar-refractivity contribution in [3.8, 4) is 0 Å². The molecule has 0 N–H and O–H groups in total. The molecule has 3 unspecified atom stereocenters. The van der Waals surface area contributed by atoms with Crippen molar-refractivity contribution in [3.63, 3.8) is 0 Å². The number of rotatable bonds is 9. The summed E-state index contributed by atoms with van der Waals surface area (Å²) in [5.74, 6) is -1.03. The van der Waals surface area contributed by atoms with Gasteiger partial charge in [0.2, 0.25) is 0 Å². The van der Waals surface area contributed by atoms with Gasteiger partial charge in [0.25, 0.3) is 0 Å². The molecule has 0 aromatic carbocycles. The van der Waals surface area contributed by atoms with Gasteiger partial charge in [-0.1, -0.05) is 19.7 Å². The van der Waals surface area contributed by atoms with Crippen molar-refractivity contribution in [2.24, 2.45) is 17.8 Å². The van der Waals surface area contributed by atoms with Gasteiger partial charge in [0.15, 0.2) is 0 Å². The third-order valence-corrected chi connectivity index (χ3v) is 4.60. The zero-order valence-corrected chi connectivity index (χ0v) is 16.5. The maximum absolute atomic E-state index is 11.7.